The smallest absolute Gasteiger partial charge is 0.237 e. The maximum atomic E-state index is 11.6. The molecule has 0 aliphatic rings. The first-order valence-corrected chi connectivity index (χ1v) is 6.60. The molecule has 6 heteroatoms. The van der Waals surface area contributed by atoms with E-state index in [0.717, 1.165) is 0 Å². The van der Waals surface area contributed by atoms with E-state index < -0.39 is 5.92 Å². The quantitative estimate of drug-likeness (QED) is 0.852. The van der Waals surface area contributed by atoms with E-state index in [9.17, 15) is 4.79 Å². The lowest BCUT2D eigenvalue weighted by Crippen LogP contribution is -2.07. The van der Waals surface area contributed by atoms with Crippen LogP contribution in [-0.4, -0.2) is 15.9 Å². The van der Waals surface area contributed by atoms with E-state index in [1.807, 2.05) is 0 Å². The van der Waals surface area contributed by atoms with E-state index in [0.29, 0.717) is 33.7 Å². The fourth-order valence-corrected chi connectivity index (χ4v) is 1.91. The normalized spacial score (nSPS) is 12.4. The van der Waals surface area contributed by atoms with Gasteiger partial charge in [0.1, 0.15) is 5.78 Å². The molecule has 0 spiro atoms. The summed E-state index contributed by atoms with van der Waals surface area (Å²) in [7, 11) is 0. The van der Waals surface area contributed by atoms with E-state index in [4.69, 9.17) is 27.7 Å². The van der Waals surface area contributed by atoms with Crippen molar-refractivity contribution in [3.05, 3.63) is 34.1 Å². The summed E-state index contributed by atoms with van der Waals surface area (Å²) in [6.07, 6.45) is 0.436. The van der Waals surface area contributed by atoms with E-state index in [-0.39, 0.29) is 5.78 Å². The van der Waals surface area contributed by atoms with E-state index in [1.165, 1.54) is 0 Å². The van der Waals surface area contributed by atoms with Crippen molar-refractivity contribution in [2.75, 3.05) is 0 Å². The van der Waals surface area contributed by atoms with Gasteiger partial charge in [0.05, 0.1) is 16.0 Å². The number of rotatable bonds is 4. The highest BCUT2D eigenvalue weighted by Crippen LogP contribution is 2.28. The number of carbonyl (C=O) groups excluding carboxylic acids is 1. The van der Waals surface area contributed by atoms with Crippen LogP contribution in [0.1, 0.15) is 32.1 Å². The van der Waals surface area contributed by atoms with Gasteiger partial charge in [0.15, 0.2) is 0 Å². The Morgan fingerprint density at radius 1 is 1.37 bits per heavy atom. The maximum absolute atomic E-state index is 11.6. The van der Waals surface area contributed by atoms with Gasteiger partial charge in [-0.1, -0.05) is 35.3 Å². The van der Waals surface area contributed by atoms with Gasteiger partial charge >= 0.3 is 0 Å². The largest absolute Gasteiger partial charge is 0.338 e. The Morgan fingerprint density at radius 3 is 2.74 bits per heavy atom. The number of Topliss-reactive ketones (excluding diaryl/α,β-unsaturated/α-hetero) is 1. The zero-order chi connectivity index (χ0) is 14.0. The maximum Gasteiger partial charge on any atom is 0.237 e. The Bertz CT molecular complexity index is 610. The molecule has 4 nitrogen and oxygen atoms in total. The van der Waals surface area contributed by atoms with E-state index in [2.05, 4.69) is 10.1 Å². The van der Waals surface area contributed by atoms with Crippen LogP contribution in [0.3, 0.4) is 0 Å². The molecule has 0 radical (unpaired) electrons. The SMILES string of the molecule is CCC(=O)C(C)c1nc(-c2ccc(Cl)c(Cl)c2)no1. The second kappa shape index (κ2) is 5.72. The number of carbonyl (C=O) groups is 1. The molecular weight excluding hydrogens is 287 g/mol. The molecule has 0 aliphatic carbocycles. The van der Waals surface area contributed by atoms with E-state index in [1.54, 1.807) is 32.0 Å². The van der Waals surface area contributed by atoms with Crippen LogP contribution in [0.25, 0.3) is 11.4 Å². The van der Waals surface area contributed by atoms with Crippen LogP contribution in [0.2, 0.25) is 10.0 Å². The van der Waals surface area contributed by atoms with Crippen molar-refractivity contribution < 1.29 is 9.32 Å². The summed E-state index contributed by atoms with van der Waals surface area (Å²) in [5, 5.41) is 4.74. The van der Waals surface area contributed by atoms with Crippen molar-refractivity contribution in [3.8, 4) is 11.4 Å². The van der Waals surface area contributed by atoms with Crippen LogP contribution in [0, 0.1) is 0 Å². The van der Waals surface area contributed by atoms with Crippen LogP contribution in [0.4, 0.5) is 0 Å². The molecule has 2 aromatic rings. The molecule has 1 heterocycles. The third kappa shape index (κ3) is 2.96. The highest BCUT2D eigenvalue weighted by molar-refractivity contribution is 6.42. The lowest BCUT2D eigenvalue weighted by atomic mass is 10.1. The molecule has 1 aromatic carbocycles. The first-order valence-electron chi connectivity index (χ1n) is 5.84. The zero-order valence-electron chi connectivity index (χ0n) is 10.5. The second-order valence-electron chi connectivity index (χ2n) is 4.13. The van der Waals surface area contributed by atoms with Crippen LogP contribution in [0.5, 0.6) is 0 Å². The fourth-order valence-electron chi connectivity index (χ4n) is 1.61. The minimum Gasteiger partial charge on any atom is -0.338 e. The zero-order valence-corrected chi connectivity index (χ0v) is 12.0. The summed E-state index contributed by atoms with van der Waals surface area (Å²) in [5.41, 5.74) is 0.695. The molecule has 0 bridgehead atoms. The van der Waals surface area contributed by atoms with Crippen molar-refractivity contribution >= 4 is 29.0 Å². The summed E-state index contributed by atoms with van der Waals surface area (Å²) in [4.78, 5) is 15.8. The molecule has 0 fully saturated rings. The Hall–Kier alpha value is -1.39. The lowest BCUT2D eigenvalue weighted by Gasteiger charge is -2.01. The number of halogens is 2. The van der Waals surface area contributed by atoms with Crippen molar-refractivity contribution in [1.82, 2.24) is 10.1 Å². The van der Waals surface area contributed by atoms with Crippen LogP contribution in [-0.2, 0) is 4.79 Å². The number of benzene rings is 1. The molecule has 0 N–H and O–H groups in total. The summed E-state index contributed by atoms with van der Waals surface area (Å²) in [6, 6.07) is 5.07. The second-order valence-corrected chi connectivity index (χ2v) is 4.94. The molecule has 1 unspecified atom stereocenters. The summed E-state index contributed by atoms with van der Waals surface area (Å²) in [5.74, 6) is 0.371. The number of aromatic nitrogens is 2. The highest BCUT2D eigenvalue weighted by atomic mass is 35.5. The van der Waals surface area contributed by atoms with Gasteiger partial charge in [0.2, 0.25) is 11.7 Å². The Balaban J connectivity index is 2.30. The fraction of sp³-hybridized carbons (Fsp3) is 0.308. The average Bonchev–Trinajstić information content (AvgIpc) is 2.89. The van der Waals surface area contributed by atoms with Gasteiger partial charge in [-0.2, -0.15) is 4.98 Å². The van der Waals surface area contributed by atoms with Crippen molar-refractivity contribution in [2.45, 2.75) is 26.2 Å². The minimum absolute atomic E-state index is 0.0596. The molecule has 1 atom stereocenters. The van der Waals surface area contributed by atoms with E-state index >= 15 is 0 Å². The molecule has 100 valence electrons. The monoisotopic (exact) mass is 298 g/mol. The van der Waals surface area contributed by atoms with Gasteiger partial charge in [0, 0.05) is 12.0 Å². The Kier molecular flexibility index (Phi) is 4.22. The number of ketones is 1. The molecule has 0 saturated heterocycles. The minimum atomic E-state index is -0.394. The van der Waals surface area contributed by atoms with Crippen LogP contribution in [0.15, 0.2) is 22.7 Å². The standard InChI is InChI=1S/C13H12Cl2N2O2/c1-3-11(18)7(2)13-16-12(17-19-13)8-4-5-9(14)10(15)6-8/h4-7H,3H2,1-2H3. The highest BCUT2D eigenvalue weighted by Gasteiger charge is 2.20. The molecule has 1 aromatic heterocycles. The third-order valence-corrected chi connectivity index (χ3v) is 3.56. The number of hydrogen-bond acceptors (Lipinski definition) is 4. The van der Waals surface area contributed by atoms with Gasteiger partial charge in [-0.3, -0.25) is 4.79 Å². The number of hydrogen-bond donors (Lipinski definition) is 0. The van der Waals surface area contributed by atoms with Crippen molar-refractivity contribution in [1.29, 1.82) is 0 Å². The molecular formula is C13H12Cl2N2O2. The summed E-state index contributed by atoms with van der Waals surface area (Å²) < 4.78 is 5.12. The predicted octanol–water partition coefficient (Wildman–Crippen LogP) is 4.13. The number of nitrogens with zero attached hydrogens (tertiary/aromatic N) is 2. The predicted molar refractivity (Wildman–Crippen MR) is 73.5 cm³/mol. The van der Waals surface area contributed by atoms with Gasteiger partial charge < -0.3 is 4.52 Å². The van der Waals surface area contributed by atoms with Crippen LogP contribution >= 0.6 is 23.2 Å². The summed E-state index contributed by atoms with van der Waals surface area (Å²) in [6.45, 7) is 3.55. The molecule has 0 amide bonds. The summed E-state index contributed by atoms with van der Waals surface area (Å²) >= 11 is 11.8. The van der Waals surface area contributed by atoms with Crippen molar-refractivity contribution in [3.63, 3.8) is 0 Å². The Morgan fingerprint density at radius 2 is 2.11 bits per heavy atom. The van der Waals surface area contributed by atoms with Crippen molar-refractivity contribution in [2.24, 2.45) is 0 Å². The topological polar surface area (TPSA) is 56.0 Å². The molecule has 19 heavy (non-hydrogen) atoms. The van der Waals surface area contributed by atoms with Gasteiger partial charge in [0.25, 0.3) is 0 Å². The first kappa shape index (κ1) is 14.0. The first-order chi connectivity index (χ1) is 9.02. The molecule has 0 saturated carbocycles. The van der Waals surface area contributed by atoms with Gasteiger partial charge in [-0.15, -0.1) is 0 Å². The lowest BCUT2D eigenvalue weighted by molar-refractivity contribution is -0.120. The average molecular weight is 299 g/mol. The van der Waals surface area contributed by atoms with Crippen LogP contribution < -0.4 is 0 Å². The third-order valence-electron chi connectivity index (χ3n) is 2.82. The molecule has 2 rings (SSSR count). The van der Waals surface area contributed by atoms with Gasteiger partial charge in [-0.25, -0.2) is 0 Å². The van der Waals surface area contributed by atoms with Gasteiger partial charge in [-0.05, 0) is 25.1 Å². The Labute approximate surface area is 120 Å². The molecule has 0 aliphatic heterocycles.